The minimum absolute atomic E-state index is 0.120. The third-order valence-electron chi connectivity index (χ3n) is 3.06. The van der Waals surface area contributed by atoms with Crippen molar-refractivity contribution in [2.24, 2.45) is 5.73 Å². The van der Waals surface area contributed by atoms with Gasteiger partial charge in [0.1, 0.15) is 11.3 Å². The summed E-state index contributed by atoms with van der Waals surface area (Å²) in [4.78, 5) is 11.9. The Morgan fingerprint density at radius 3 is 3.17 bits per heavy atom. The fourth-order valence-corrected chi connectivity index (χ4v) is 2.15. The number of benzene rings is 1. The highest BCUT2D eigenvalue weighted by molar-refractivity contribution is 6.01. The molecule has 2 heterocycles. The number of nitrogens with two attached hydrogens (primary N) is 1. The zero-order chi connectivity index (χ0) is 12.5. The van der Waals surface area contributed by atoms with Crippen LogP contribution in [0.25, 0.3) is 11.3 Å². The van der Waals surface area contributed by atoms with Crippen molar-refractivity contribution in [1.29, 1.82) is 0 Å². The van der Waals surface area contributed by atoms with Gasteiger partial charge >= 0.3 is 0 Å². The summed E-state index contributed by atoms with van der Waals surface area (Å²) in [6, 6.07) is 7.68. The third kappa shape index (κ3) is 1.69. The van der Waals surface area contributed by atoms with Gasteiger partial charge in [-0.05, 0) is 11.6 Å². The highest BCUT2D eigenvalue weighted by atomic mass is 16.5. The number of nitrogens with zero attached hydrogens (tertiary/aromatic N) is 1. The number of carbonyl (C=O) groups excluding carboxylic acids is 1. The lowest BCUT2D eigenvalue weighted by molar-refractivity contribution is 0.0943. The van der Waals surface area contributed by atoms with Crippen LogP contribution in [0.4, 0.5) is 0 Å². The Morgan fingerprint density at radius 1 is 1.44 bits per heavy atom. The van der Waals surface area contributed by atoms with Gasteiger partial charge in [-0.1, -0.05) is 23.4 Å². The molecule has 1 aromatic heterocycles. The van der Waals surface area contributed by atoms with Crippen LogP contribution in [0.2, 0.25) is 0 Å². The first-order valence-electron chi connectivity index (χ1n) is 5.85. The topological polar surface area (TPSA) is 81.2 Å². The quantitative estimate of drug-likeness (QED) is 0.827. The summed E-state index contributed by atoms with van der Waals surface area (Å²) in [5.41, 5.74) is 8.62. The van der Waals surface area contributed by atoms with Gasteiger partial charge in [-0.3, -0.25) is 4.79 Å². The maximum absolute atomic E-state index is 11.9. The Bertz CT molecular complexity index is 604. The van der Waals surface area contributed by atoms with Crippen LogP contribution in [0.3, 0.4) is 0 Å². The average Bonchev–Trinajstić information content (AvgIpc) is 2.84. The number of carbonyl (C=O) groups is 1. The van der Waals surface area contributed by atoms with Crippen molar-refractivity contribution < 1.29 is 9.32 Å². The summed E-state index contributed by atoms with van der Waals surface area (Å²) >= 11 is 0. The van der Waals surface area contributed by atoms with E-state index in [-0.39, 0.29) is 5.91 Å². The lowest BCUT2D eigenvalue weighted by Crippen LogP contribution is -2.31. The summed E-state index contributed by atoms with van der Waals surface area (Å²) in [6.07, 6.45) is 0.685. The van der Waals surface area contributed by atoms with E-state index in [1.807, 2.05) is 24.3 Å². The van der Waals surface area contributed by atoms with Gasteiger partial charge in [0.15, 0.2) is 5.76 Å². The standard InChI is InChI=1S/C13H13N3O2/c14-7-8-2-1-3-9(6-8)12-11-10(18-16-12)4-5-15-13(11)17/h1-3,6H,4-5,7,14H2,(H,15,17). The van der Waals surface area contributed by atoms with Crippen LogP contribution in [-0.2, 0) is 13.0 Å². The van der Waals surface area contributed by atoms with Crippen LogP contribution in [-0.4, -0.2) is 17.6 Å². The largest absolute Gasteiger partial charge is 0.360 e. The number of amides is 1. The normalized spacial score (nSPS) is 14.2. The van der Waals surface area contributed by atoms with E-state index in [1.165, 1.54) is 0 Å². The second-order valence-electron chi connectivity index (χ2n) is 4.24. The molecule has 1 aromatic carbocycles. The first-order chi connectivity index (χ1) is 8.79. The van der Waals surface area contributed by atoms with E-state index in [2.05, 4.69) is 10.5 Å². The Labute approximate surface area is 104 Å². The molecule has 2 aromatic rings. The molecule has 5 heteroatoms. The smallest absolute Gasteiger partial charge is 0.257 e. The van der Waals surface area contributed by atoms with E-state index in [0.717, 1.165) is 11.1 Å². The summed E-state index contributed by atoms with van der Waals surface area (Å²) < 4.78 is 5.24. The first-order valence-corrected chi connectivity index (χ1v) is 5.85. The minimum Gasteiger partial charge on any atom is -0.360 e. The van der Waals surface area contributed by atoms with Crippen molar-refractivity contribution in [3.8, 4) is 11.3 Å². The maximum Gasteiger partial charge on any atom is 0.257 e. The van der Waals surface area contributed by atoms with E-state index in [1.54, 1.807) is 0 Å². The molecule has 18 heavy (non-hydrogen) atoms. The van der Waals surface area contributed by atoms with E-state index in [4.69, 9.17) is 10.3 Å². The fraction of sp³-hybridized carbons (Fsp3) is 0.231. The van der Waals surface area contributed by atoms with Gasteiger partial charge in [0.05, 0.1) is 0 Å². The van der Waals surface area contributed by atoms with Gasteiger partial charge in [0, 0.05) is 25.1 Å². The van der Waals surface area contributed by atoms with E-state index < -0.39 is 0 Å². The molecule has 1 aliphatic heterocycles. The fourth-order valence-electron chi connectivity index (χ4n) is 2.15. The van der Waals surface area contributed by atoms with Gasteiger partial charge in [0.25, 0.3) is 5.91 Å². The Morgan fingerprint density at radius 2 is 2.33 bits per heavy atom. The molecule has 3 N–H and O–H groups in total. The van der Waals surface area contributed by atoms with Crippen molar-refractivity contribution >= 4 is 5.91 Å². The second-order valence-corrected chi connectivity index (χ2v) is 4.24. The second kappa shape index (κ2) is 4.27. The predicted octanol–water partition coefficient (Wildman–Crippen LogP) is 1.09. The molecular weight excluding hydrogens is 230 g/mol. The molecule has 1 aliphatic rings. The van der Waals surface area contributed by atoms with E-state index in [9.17, 15) is 4.79 Å². The lowest BCUT2D eigenvalue weighted by Gasteiger charge is -2.11. The molecule has 92 valence electrons. The molecular formula is C13H13N3O2. The zero-order valence-electron chi connectivity index (χ0n) is 9.77. The Hall–Kier alpha value is -2.14. The summed E-state index contributed by atoms with van der Waals surface area (Å²) in [5, 5.41) is 6.82. The number of hydrogen-bond acceptors (Lipinski definition) is 4. The van der Waals surface area contributed by atoms with Crippen LogP contribution in [0.15, 0.2) is 28.8 Å². The number of aromatic nitrogens is 1. The van der Waals surface area contributed by atoms with Crippen LogP contribution in [0.1, 0.15) is 21.7 Å². The third-order valence-corrected chi connectivity index (χ3v) is 3.06. The van der Waals surface area contributed by atoms with Gasteiger partial charge in [-0.2, -0.15) is 0 Å². The molecule has 1 amide bonds. The van der Waals surface area contributed by atoms with Crippen molar-refractivity contribution in [3.63, 3.8) is 0 Å². The maximum atomic E-state index is 11.9. The molecule has 0 fully saturated rings. The molecule has 0 saturated carbocycles. The highest BCUT2D eigenvalue weighted by Crippen LogP contribution is 2.27. The van der Waals surface area contributed by atoms with Crippen molar-refractivity contribution in [2.45, 2.75) is 13.0 Å². The zero-order valence-corrected chi connectivity index (χ0v) is 9.77. The Kier molecular flexibility index (Phi) is 2.60. The minimum atomic E-state index is -0.120. The number of rotatable bonds is 2. The van der Waals surface area contributed by atoms with Gasteiger partial charge < -0.3 is 15.6 Å². The van der Waals surface area contributed by atoms with Crippen LogP contribution in [0.5, 0.6) is 0 Å². The van der Waals surface area contributed by atoms with Crippen molar-refractivity contribution in [3.05, 3.63) is 41.2 Å². The molecule has 0 atom stereocenters. The molecule has 0 unspecified atom stereocenters. The lowest BCUT2D eigenvalue weighted by atomic mass is 10.0. The highest BCUT2D eigenvalue weighted by Gasteiger charge is 2.26. The predicted molar refractivity (Wildman–Crippen MR) is 65.9 cm³/mol. The molecule has 0 aliphatic carbocycles. The van der Waals surface area contributed by atoms with Gasteiger partial charge in [-0.15, -0.1) is 0 Å². The molecule has 0 radical (unpaired) electrons. The molecule has 5 nitrogen and oxygen atoms in total. The van der Waals surface area contributed by atoms with Gasteiger partial charge in [0.2, 0.25) is 0 Å². The van der Waals surface area contributed by atoms with E-state index in [0.29, 0.717) is 36.5 Å². The summed E-state index contributed by atoms with van der Waals surface area (Å²) in [6.45, 7) is 1.06. The summed E-state index contributed by atoms with van der Waals surface area (Å²) in [7, 11) is 0. The molecule has 3 rings (SSSR count). The molecule has 0 saturated heterocycles. The van der Waals surface area contributed by atoms with Crippen LogP contribution in [0, 0.1) is 0 Å². The average molecular weight is 243 g/mol. The Balaban J connectivity index is 2.12. The number of fused-ring (bicyclic) bond motifs is 1. The molecule has 0 spiro atoms. The van der Waals surface area contributed by atoms with Crippen molar-refractivity contribution in [1.82, 2.24) is 10.5 Å². The van der Waals surface area contributed by atoms with Crippen molar-refractivity contribution in [2.75, 3.05) is 6.54 Å². The monoisotopic (exact) mass is 243 g/mol. The number of nitrogens with one attached hydrogen (secondary N) is 1. The van der Waals surface area contributed by atoms with Crippen LogP contribution >= 0.6 is 0 Å². The molecule has 0 bridgehead atoms. The first kappa shape index (κ1) is 11.0. The van der Waals surface area contributed by atoms with E-state index >= 15 is 0 Å². The SMILES string of the molecule is NCc1cccc(-c2noc3c2C(=O)NCC3)c1. The number of hydrogen-bond donors (Lipinski definition) is 2. The van der Waals surface area contributed by atoms with Crippen LogP contribution < -0.4 is 11.1 Å². The summed E-state index contributed by atoms with van der Waals surface area (Å²) in [5.74, 6) is 0.539. The van der Waals surface area contributed by atoms with Gasteiger partial charge in [-0.25, -0.2) is 0 Å².